The average molecular weight is 218 g/mol. The summed E-state index contributed by atoms with van der Waals surface area (Å²) in [5, 5.41) is 11.8. The third kappa shape index (κ3) is 1.78. The van der Waals surface area contributed by atoms with Crippen molar-refractivity contribution in [3.8, 4) is 0 Å². The van der Waals surface area contributed by atoms with Gasteiger partial charge in [-0.15, -0.1) is 0 Å². The first-order chi connectivity index (χ1) is 7.63. The van der Waals surface area contributed by atoms with E-state index in [0.29, 0.717) is 5.88 Å². The molecule has 16 heavy (non-hydrogen) atoms. The van der Waals surface area contributed by atoms with Crippen LogP contribution in [0.3, 0.4) is 0 Å². The molecule has 1 aromatic rings. The zero-order chi connectivity index (χ0) is 11.7. The molecule has 1 aliphatic heterocycles. The zero-order valence-corrected chi connectivity index (χ0v) is 9.99. The van der Waals surface area contributed by atoms with Crippen LogP contribution in [0.4, 0.5) is 5.69 Å². The highest BCUT2D eigenvalue weighted by molar-refractivity contribution is 5.53. The summed E-state index contributed by atoms with van der Waals surface area (Å²) in [5.41, 5.74) is 6.49. The van der Waals surface area contributed by atoms with Crippen molar-refractivity contribution in [1.29, 1.82) is 0 Å². The SMILES string of the molecule is CCC1=C(O)N(c2ccc(C)cc2)NC1C. The number of nitrogens with zero attached hydrogens (tertiary/aromatic N) is 1. The van der Waals surface area contributed by atoms with Crippen LogP contribution in [0.15, 0.2) is 35.7 Å². The Balaban J connectivity index is 2.30. The van der Waals surface area contributed by atoms with Crippen LogP contribution in [0.2, 0.25) is 0 Å². The first kappa shape index (κ1) is 11.0. The molecule has 3 heteroatoms. The molecule has 0 aromatic heterocycles. The quantitative estimate of drug-likeness (QED) is 0.801. The van der Waals surface area contributed by atoms with Crippen molar-refractivity contribution in [1.82, 2.24) is 5.43 Å². The molecule has 1 heterocycles. The minimum absolute atomic E-state index is 0.200. The van der Waals surface area contributed by atoms with Gasteiger partial charge >= 0.3 is 0 Å². The fourth-order valence-corrected chi connectivity index (χ4v) is 2.02. The lowest BCUT2D eigenvalue weighted by atomic mass is 10.1. The molecule has 1 aromatic carbocycles. The van der Waals surface area contributed by atoms with Crippen molar-refractivity contribution in [2.45, 2.75) is 33.2 Å². The minimum atomic E-state index is 0.200. The van der Waals surface area contributed by atoms with Crippen LogP contribution in [0.25, 0.3) is 0 Å². The van der Waals surface area contributed by atoms with E-state index in [1.54, 1.807) is 5.01 Å². The first-order valence-corrected chi connectivity index (χ1v) is 5.68. The maximum atomic E-state index is 10.1. The number of anilines is 1. The third-order valence-electron chi connectivity index (χ3n) is 3.02. The van der Waals surface area contributed by atoms with Gasteiger partial charge in [-0.25, -0.2) is 10.4 Å². The lowest BCUT2D eigenvalue weighted by molar-refractivity contribution is 0.386. The van der Waals surface area contributed by atoms with Crippen LogP contribution in [0, 0.1) is 6.92 Å². The second-order valence-electron chi connectivity index (χ2n) is 4.22. The zero-order valence-electron chi connectivity index (χ0n) is 9.99. The first-order valence-electron chi connectivity index (χ1n) is 5.68. The Morgan fingerprint density at radius 1 is 1.31 bits per heavy atom. The number of nitrogens with one attached hydrogen (secondary N) is 1. The van der Waals surface area contributed by atoms with Gasteiger partial charge in [-0.3, -0.25) is 0 Å². The lowest BCUT2D eigenvalue weighted by Crippen LogP contribution is -2.36. The Labute approximate surface area is 96.4 Å². The molecule has 2 rings (SSSR count). The highest BCUT2D eigenvalue weighted by atomic mass is 16.3. The van der Waals surface area contributed by atoms with Crippen LogP contribution >= 0.6 is 0 Å². The van der Waals surface area contributed by atoms with Crippen LogP contribution in [0.1, 0.15) is 25.8 Å². The second-order valence-corrected chi connectivity index (χ2v) is 4.22. The summed E-state index contributed by atoms with van der Waals surface area (Å²) in [7, 11) is 0. The van der Waals surface area contributed by atoms with Gasteiger partial charge in [-0.05, 0) is 32.4 Å². The summed E-state index contributed by atoms with van der Waals surface area (Å²) in [6.07, 6.45) is 0.863. The number of aryl methyl sites for hydroxylation is 1. The molecule has 3 nitrogen and oxygen atoms in total. The Morgan fingerprint density at radius 2 is 1.94 bits per heavy atom. The number of aliphatic hydroxyl groups excluding tert-OH is 1. The van der Waals surface area contributed by atoms with Gasteiger partial charge in [0.25, 0.3) is 0 Å². The Hall–Kier alpha value is -1.48. The minimum Gasteiger partial charge on any atom is -0.494 e. The van der Waals surface area contributed by atoms with Gasteiger partial charge in [0.1, 0.15) is 0 Å². The van der Waals surface area contributed by atoms with E-state index in [-0.39, 0.29) is 6.04 Å². The van der Waals surface area contributed by atoms with Gasteiger partial charge in [0.2, 0.25) is 5.88 Å². The molecule has 0 aliphatic carbocycles. The lowest BCUT2D eigenvalue weighted by Gasteiger charge is -2.19. The predicted molar refractivity (Wildman–Crippen MR) is 66.2 cm³/mol. The van der Waals surface area contributed by atoms with E-state index >= 15 is 0 Å². The van der Waals surface area contributed by atoms with Crippen LogP contribution in [0.5, 0.6) is 0 Å². The van der Waals surface area contributed by atoms with Gasteiger partial charge in [0, 0.05) is 5.57 Å². The fourth-order valence-electron chi connectivity index (χ4n) is 2.02. The summed E-state index contributed by atoms with van der Waals surface area (Å²) < 4.78 is 0. The number of hydrogen-bond donors (Lipinski definition) is 2. The van der Waals surface area contributed by atoms with Crippen LogP contribution < -0.4 is 10.4 Å². The molecular formula is C13H18N2O. The Morgan fingerprint density at radius 3 is 2.44 bits per heavy atom. The number of rotatable bonds is 2. The maximum Gasteiger partial charge on any atom is 0.207 e. The van der Waals surface area contributed by atoms with E-state index in [0.717, 1.165) is 17.7 Å². The van der Waals surface area contributed by atoms with Crippen molar-refractivity contribution in [2.24, 2.45) is 0 Å². The number of benzene rings is 1. The van der Waals surface area contributed by atoms with Gasteiger partial charge in [-0.1, -0.05) is 24.6 Å². The molecule has 0 amide bonds. The van der Waals surface area contributed by atoms with Crippen LogP contribution in [-0.4, -0.2) is 11.1 Å². The summed E-state index contributed by atoms with van der Waals surface area (Å²) in [6, 6.07) is 8.29. The van der Waals surface area contributed by atoms with E-state index in [9.17, 15) is 5.11 Å². The molecular weight excluding hydrogens is 200 g/mol. The molecule has 0 fully saturated rings. The molecule has 2 N–H and O–H groups in total. The van der Waals surface area contributed by atoms with Gasteiger partial charge in [0.05, 0.1) is 11.7 Å². The van der Waals surface area contributed by atoms with E-state index in [2.05, 4.69) is 26.2 Å². The second kappa shape index (κ2) is 4.18. The fraction of sp³-hybridized carbons (Fsp3) is 0.385. The van der Waals surface area contributed by atoms with E-state index < -0.39 is 0 Å². The Kier molecular flexibility index (Phi) is 2.88. The Bertz CT molecular complexity index is 408. The smallest absolute Gasteiger partial charge is 0.207 e. The van der Waals surface area contributed by atoms with E-state index in [1.807, 2.05) is 24.3 Å². The molecule has 0 spiro atoms. The molecule has 0 saturated heterocycles. The average Bonchev–Trinajstić information content (AvgIpc) is 2.55. The maximum absolute atomic E-state index is 10.1. The topological polar surface area (TPSA) is 35.5 Å². The number of hydrogen-bond acceptors (Lipinski definition) is 3. The normalized spacial score (nSPS) is 20.7. The number of aliphatic hydroxyl groups is 1. The van der Waals surface area contributed by atoms with Gasteiger partial charge in [0.15, 0.2) is 0 Å². The summed E-state index contributed by atoms with van der Waals surface area (Å²) >= 11 is 0. The highest BCUT2D eigenvalue weighted by Crippen LogP contribution is 2.26. The molecule has 1 unspecified atom stereocenters. The van der Waals surface area contributed by atoms with E-state index in [4.69, 9.17) is 0 Å². The molecule has 0 saturated carbocycles. The standard InChI is InChI=1S/C13H18N2O/c1-4-12-10(3)14-15(13(12)16)11-7-5-9(2)6-8-11/h5-8,10,14,16H,4H2,1-3H3. The van der Waals surface area contributed by atoms with Crippen molar-refractivity contribution < 1.29 is 5.11 Å². The van der Waals surface area contributed by atoms with Crippen LogP contribution in [-0.2, 0) is 0 Å². The monoisotopic (exact) mass is 218 g/mol. The predicted octanol–water partition coefficient (Wildman–Crippen LogP) is 2.89. The van der Waals surface area contributed by atoms with Crippen molar-refractivity contribution >= 4 is 5.69 Å². The largest absolute Gasteiger partial charge is 0.494 e. The molecule has 86 valence electrons. The summed E-state index contributed by atoms with van der Waals surface area (Å²) in [4.78, 5) is 0. The highest BCUT2D eigenvalue weighted by Gasteiger charge is 2.27. The molecule has 0 bridgehead atoms. The summed E-state index contributed by atoms with van der Waals surface area (Å²) in [6.45, 7) is 6.17. The van der Waals surface area contributed by atoms with E-state index in [1.165, 1.54) is 5.56 Å². The molecule has 0 radical (unpaired) electrons. The van der Waals surface area contributed by atoms with Gasteiger partial charge in [-0.2, -0.15) is 0 Å². The molecule has 1 atom stereocenters. The molecule has 1 aliphatic rings. The van der Waals surface area contributed by atoms with Crippen molar-refractivity contribution in [3.05, 3.63) is 41.3 Å². The number of hydrazine groups is 1. The third-order valence-corrected chi connectivity index (χ3v) is 3.02. The van der Waals surface area contributed by atoms with Crippen molar-refractivity contribution in [2.75, 3.05) is 5.01 Å². The summed E-state index contributed by atoms with van der Waals surface area (Å²) in [5.74, 6) is 0.346. The van der Waals surface area contributed by atoms with Crippen molar-refractivity contribution in [3.63, 3.8) is 0 Å². The van der Waals surface area contributed by atoms with Gasteiger partial charge < -0.3 is 5.11 Å².